The fraction of sp³-hybridized carbons (Fsp3) is 0.500. The zero-order chi connectivity index (χ0) is 23.2. The third kappa shape index (κ3) is 3.90. The van der Waals surface area contributed by atoms with Crippen LogP contribution in [0.1, 0.15) is 50.7 Å². The van der Waals surface area contributed by atoms with Crippen molar-refractivity contribution in [3.05, 3.63) is 35.5 Å². The number of ether oxygens (including phenoxy) is 3. The number of fused-ring (bicyclic) bond motifs is 2. The van der Waals surface area contributed by atoms with E-state index in [2.05, 4.69) is 16.3 Å². The summed E-state index contributed by atoms with van der Waals surface area (Å²) in [5.74, 6) is 1.38. The van der Waals surface area contributed by atoms with Gasteiger partial charge < -0.3 is 19.1 Å². The Hall–Kier alpha value is -3.54. The number of likely N-dealkylation sites (tertiary alicyclic amines) is 1. The molecule has 3 aliphatic rings. The molecule has 0 bridgehead atoms. The second kappa shape index (κ2) is 8.10. The molecule has 0 spiro atoms. The molecule has 1 saturated heterocycles. The first-order valence-corrected chi connectivity index (χ1v) is 11.2. The zero-order valence-corrected chi connectivity index (χ0v) is 19.0. The maximum absolute atomic E-state index is 12.5. The lowest BCUT2D eigenvalue weighted by atomic mass is 9.73. The standard InChI is InChI=1S/C24H27N5O4/c1-24(2,3)33-23(30)29-9-7-14(8-10-29)20-16(11-25)19(17-12-26-28-22(17)27-20)15-5-4-6-18-21(15)32-13-31-18/h4-6,12,14,16,19H,7-10,13H2,1-3H3,(H,26,28). The summed E-state index contributed by atoms with van der Waals surface area (Å²) in [6, 6.07) is 8.28. The van der Waals surface area contributed by atoms with E-state index >= 15 is 0 Å². The number of amides is 1. The number of hydrogen-bond acceptors (Lipinski definition) is 7. The van der Waals surface area contributed by atoms with E-state index in [0.717, 1.165) is 29.7 Å². The lowest BCUT2D eigenvalue weighted by Crippen LogP contribution is -2.44. The van der Waals surface area contributed by atoms with E-state index < -0.39 is 11.5 Å². The maximum Gasteiger partial charge on any atom is 0.410 e. The highest BCUT2D eigenvalue weighted by Crippen LogP contribution is 2.49. The molecule has 1 aromatic carbocycles. The number of hydrogen-bond donors (Lipinski definition) is 1. The molecule has 1 aromatic heterocycles. The van der Waals surface area contributed by atoms with E-state index in [1.54, 1.807) is 11.1 Å². The number of aromatic nitrogens is 2. The number of nitrogens with zero attached hydrogens (tertiary/aromatic N) is 4. The van der Waals surface area contributed by atoms with Gasteiger partial charge in [-0.25, -0.2) is 9.79 Å². The Kier molecular flexibility index (Phi) is 5.23. The number of aliphatic imine (C=N–C) groups is 1. The molecular weight excluding hydrogens is 422 g/mol. The van der Waals surface area contributed by atoms with Crippen LogP contribution in [-0.2, 0) is 4.74 Å². The molecule has 0 radical (unpaired) electrons. The van der Waals surface area contributed by atoms with Crippen LogP contribution in [0.5, 0.6) is 11.5 Å². The van der Waals surface area contributed by atoms with Gasteiger partial charge in [-0.2, -0.15) is 10.4 Å². The summed E-state index contributed by atoms with van der Waals surface area (Å²) < 4.78 is 16.9. The van der Waals surface area contributed by atoms with Gasteiger partial charge >= 0.3 is 6.09 Å². The molecule has 2 atom stereocenters. The summed E-state index contributed by atoms with van der Waals surface area (Å²) >= 11 is 0. The van der Waals surface area contributed by atoms with Gasteiger partial charge in [-0.15, -0.1) is 0 Å². The average molecular weight is 450 g/mol. The van der Waals surface area contributed by atoms with Gasteiger partial charge in [0.1, 0.15) is 5.60 Å². The van der Waals surface area contributed by atoms with E-state index in [4.69, 9.17) is 19.2 Å². The minimum Gasteiger partial charge on any atom is -0.454 e. The topological polar surface area (TPSA) is 113 Å². The van der Waals surface area contributed by atoms with Crippen LogP contribution in [0.3, 0.4) is 0 Å². The van der Waals surface area contributed by atoms with Crippen LogP contribution in [0.25, 0.3) is 0 Å². The molecule has 2 unspecified atom stereocenters. The normalized spacial score (nSPS) is 22.4. The fourth-order valence-corrected chi connectivity index (χ4v) is 4.87. The Morgan fingerprint density at radius 1 is 1.24 bits per heavy atom. The number of carbonyl (C=O) groups excluding carboxylic acids is 1. The summed E-state index contributed by atoms with van der Waals surface area (Å²) in [6.45, 7) is 6.89. The molecule has 172 valence electrons. The molecule has 9 nitrogen and oxygen atoms in total. The van der Waals surface area contributed by atoms with Crippen molar-refractivity contribution < 1.29 is 19.0 Å². The van der Waals surface area contributed by atoms with Crippen molar-refractivity contribution >= 4 is 17.6 Å². The van der Waals surface area contributed by atoms with Gasteiger partial charge in [-0.05, 0) is 39.7 Å². The summed E-state index contributed by atoms with van der Waals surface area (Å²) in [4.78, 5) is 19.1. The maximum atomic E-state index is 12.5. The van der Waals surface area contributed by atoms with Crippen LogP contribution in [0.15, 0.2) is 29.4 Å². The van der Waals surface area contributed by atoms with Crippen molar-refractivity contribution in [3.8, 4) is 17.6 Å². The molecular formula is C24H27N5O4. The van der Waals surface area contributed by atoms with E-state index in [-0.39, 0.29) is 24.7 Å². The van der Waals surface area contributed by atoms with Crippen molar-refractivity contribution in [2.75, 3.05) is 19.9 Å². The molecule has 5 rings (SSSR count). The zero-order valence-electron chi connectivity index (χ0n) is 19.0. The summed E-state index contributed by atoms with van der Waals surface area (Å²) in [5, 5.41) is 17.5. The lowest BCUT2D eigenvalue weighted by molar-refractivity contribution is 0.0201. The molecule has 9 heteroatoms. The minimum absolute atomic E-state index is 0.0845. The number of carbonyl (C=O) groups is 1. The van der Waals surface area contributed by atoms with Crippen LogP contribution in [0.2, 0.25) is 0 Å². The van der Waals surface area contributed by atoms with Gasteiger partial charge in [-0.1, -0.05) is 12.1 Å². The molecule has 0 aliphatic carbocycles. The number of nitriles is 1. The Morgan fingerprint density at radius 2 is 2.03 bits per heavy atom. The predicted octanol–water partition coefficient (Wildman–Crippen LogP) is 4.14. The van der Waals surface area contributed by atoms with E-state index in [9.17, 15) is 10.1 Å². The number of para-hydroxylation sites is 1. The van der Waals surface area contributed by atoms with Crippen molar-refractivity contribution in [1.29, 1.82) is 5.26 Å². The number of aromatic amines is 1. The van der Waals surface area contributed by atoms with Gasteiger partial charge in [0.15, 0.2) is 17.3 Å². The van der Waals surface area contributed by atoms with Gasteiger partial charge in [0, 0.05) is 41.8 Å². The van der Waals surface area contributed by atoms with Gasteiger partial charge in [-0.3, -0.25) is 5.10 Å². The molecule has 1 fully saturated rings. The van der Waals surface area contributed by atoms with Gasteiger partial charge in [0.2, 0.25) is 6.79 Å². The fourth-order valence-electron chi connectivity index (χ4n) is 4.87. The van der Waals surface area contributed by atoms with E-state index in [1.807, 2.05) is 39.0 Å². The first kappa shape index (κ1) is 21.3. The molecule has 2 aromatic rings. The quantitative estimate of drug-likeness (QED) is 0.737. The first-order valence-electron chi connectivity index (χ1n) is 11.2. The average Bonchev–Trinajstić information content (AvgIpc) is 3.46. The number of nitrogens with one attached hydrogen (secondary N) is 1. The Morgan fingerprint density at radius 3 is 2.76 bits per heavy atom. The SMILES string of the molecule is CC(C)(C)OC(=O)N1CCC(C2=Nc3[nH]ncc3C(c3cccc4c3OCO4)C2C#N)CC1. The van der Waals surface area contributed by atoms with Crippen molar-refractivity contribution in [3.63, 3.8) is 0 Å². The molecule has 1 amide bonds. The number of H-pyrrole nitrogens is 1. The first-order chi connectivity index (χ1) is 15.9. The van der Waals surface area contributed by atoms with Crippen molar-refractivity contribution in [1.82, 2.24) is 15.1 Å². The van der Waals surface area contributed by atoms with Crippen LogP contribution >= 0.6 is 0 Å². The van der Waals surface area contributed by atoms with E-state index in [1.165, 1.54) is 0 Å². The molecule has 33 heavy (non-hydrogen) atoms. The third-order valence-electron chi connectivity index (χ3n) is 6.34. The second-order valence-electron chi connectivity index (χ2n) is 9.62. The van der Waals surface area contributed by atoms with Gasteiger partial charge in [0.05, 0.1) is 18.2 Å². The van der Waals surface area contributed by atoms with Crippen LogP contribution in [-0.4, -0.2) is 52.4 Å². The highest BCUT2D eigenvalue weighted by molar-refractivity contribution is 5.96. The predicted molar refractivity (Wildman–Crippen MR) is 120 cm³/mol. The number of piperidine rings is 1. The monoisotopic (exact) mass is 449 g/mol. The lowest BCUT2D eigenvalue weighted by Gasteiger charge is -2.37. The van der Waals surface area contributed by atoms with Crippen molar-refractivity contribution in [2.45, 2.75) is 45.1 Å². The smallest absolute Gasteiger partial charge is 0.410 e. The Labute approximate surface area is 192 Å². The Bertz CT molecular complexity index is 1130. The van der Waals surface area contributed by atoms with Crippen molar-refractivity contribution in [2.24, 2.45) is 16.8 Å². The summed E-state index contributed by atoms with van der Waals surface area (Å²) in [6.07, 6.45) is 2.89. The summed E-state index contributed by atoms with van der Waals surface area (Å²) in [7, 11) is 0. The van der Waals surface area contributed by atoms with E-state index in [0.29, 0.717) is 30.4 Å². The van der Waals surface area contributed by atoms with Crippen LogP contribution in [0, 0.1) is 23.2 Å². The second-order valence-corrected chi connectivity index (χ2v) is 9.62. The molecule has 3 aliphatic heterocycles. The Balaban J connectivity index is 1.42. The molecule has 0 saturated carbocycles. The number of benzene rings is 1. The van der Waals surface area contributed by atoms with Crippen LogP contribution < -0.4 is 9.47 Å². The number of rotatable bonds is 2. The summed E-state index contributed by atoms with van der Waals surface area (Å²) in [5.41, 5.74) is 2.08. The highest BCUT2D eigenvalue weighted by Gasteiger charge is 2.42. The van der Waals surface area contributed by atoms with Gasteiger partial charge in [0.25, 0.3) is 0 Å². The molecule has 1 N–H and O–H groups in total. The molecule has 4 heterocycles. The largest absolute Gasteiger partial charge is 0.454 e. The minimum atomic E-state index is -0.529. The highest BCUT2D eigenvalue weighted by atomic mass is 16.7. The van der Waals surface area contributed by atoms with Crippen LogP contribution in [0.4, 0.5) is 10.6 Å². The third-order valence-corrected chi connectivity index (χ3v) is 6.34.